The molecular weight excluding hydrogens is 266 g/mol. The van der Waals surface area contributed by atoms with Gasteiger partial charge in [-0.05, 0) is 24.6 Å². The van der Waals surface area contributed by atoms with Gasteiger partial charge in [0.05, 0.1) is 23.4 Å². The number of carbonyl (C=O) groups is 1. The lowest BCUT2D eigenvalue weighted by Crippen LogP contribution is -2.24. The van der Waals surface area contributed by atoms with E-state index in [-0.39, 0.29) is 12.5 Å². The minimum absolute atomic E-state index is 0.246. The molecule has 21 heavy (non-hydrogen) atoms. The van der Waals surface area contributed by atoms with Gasteiger partial charge in [0.25, 0.3) is 5.91 Å². The Balaban J connectivity index is 2.12. The maximum absolute atomic E-state index is 12.2. The highest BCUT2D eigenvalue weighted by atomic mass is 16.2. The Morgan fingerprint density at radius 1 is 1.38 bits per heavy atom. The molecule has 5 heteroatoms. The fourth-order valence-electron chi connectivity index (χ4n) is 1.79. The molecule has 0 saturated heterocycles. The molecule has 0 unspecified atom stereocenters. The Bertz CT molecular complexity index is 702. The molecule has 0 aromatic carbocycles. The summed E-state index contributed by atoms with van der Waals surface area (Å²) >= 11 is 0. The van der Waals surface area contributed by atoms with Crippen molar-refractivity contribution in [3.05, 3.63) is 59.2 Å². The van der Waals surface area contributed by atoms with Crippen LogP contribution in [0.3, 0.4) is 0 Å². The van der Waals surface area contributed by atoms with Crippen LogP contribution in [0.25, 0.3) is 0 Å². The minimum atomic E-state index is -0.261. The third kappa shape index (κ3) is 3.88. The van der Waals surface area contributed by atoms with Crippen LogP contribution >= 0.6 is 0 Å². The van der Waals surface area contributed by atoms with Crippen molar-refractivity contribution < 1.29 is 9.90 Å². The smallest absolute Gasteiger partial charge is 0.252 e. The quantitative estimate of drug-likeness (QED) is 0.825. The van der Waals surface area contributed by atoms with Crippen molar-refractivity contribution in [3.8, 4) is 11.8 Å². The summed E-state index contributed by atoms with van der Waals surface area (Å²) in [5, 5.41) is 11.6. The average molecular weight is 281 g/mol. The molecule has 106 valence electrons. The molecule has 2 N–H and O–H groups in total. The van der Waals surface area contributed by atoms with E-state index in [1.54, 1.807) is 12.3 Å². The van der Waals surface area contributed by atoms with Crippen LogP contribution in [0.2, 0.25) is 0 Å². The molecule has 0 bridgehead atoms. The number of carbonyl (C=O) groups excluding carboxylic acids is 1. The second kappa shape index (κ2) is 7.17. The molecule has 0 saturated carbocycles. The van der Waals surface area contributed by atoms with Crippen LogP contribution in [-0.2, 0) is 6.54 Å². The molecular formula is C16H15N3O2. The maximum Gasteiger partial charge on any atom is 0.252 e. The molecule has 2 aromatic rings. The molecule has 0 radical (unpaired) electrons. The highest BCUT2D eigenvalue weighted by molar-refractivity contribution is 5.96. The van der Waals surface area contributed by atoms with Crippen molar-refractivity contribution >= 4 is 5.91 Å². The summed E-state index contributed by atoms with van der Waals surface area (Å²) in [6.45, 7) is 2.03. The second-order valence-electron chi connectivity index (χ2n) is 4.33. The first-order valence-corrected chi connectivity index (χ1v) is 6.45. The van der Waals surface area contributed by atoms with Crippen LogP contribution in [0.15, 0.2) is 36.8 Å². The molecule has 0 aliphatic rings. The SMILES string of the molecule is Cc1cccnc1CNC(=O)c1ccncc1C#CCO. The van der Waals surface area contributed by atoms with Crippen LogP contribution in [0, 0.1) is 18.8 Å². The Kier molecular flexibility index (Phi) is 5.02. The number of aliphatic hydroxyl groups excluding tert-OH is 1. The number of pyridine rings is 2. The number of hydrogen-bond acceptors (Lipinski definition) is 4. The zero-order valence-electron chi connectivity index (χ0n) is 11.6. The first kappa shape index (κ1) is 14.7. The summed E-state index contributed by atoms with van der Waals surface area (Å²) < 4.78 is 0. The Hall–Kier alpha value is -2.71. The third-order valence-corrected chi connectivity index (χ3v) is 2.90. The van der Waals surface area contributed by atoms with Crippen LogP contribution in [0.5, 0.6) is 0 Å². The van der Waals surface area contributed by atoms with E-state index >= 15 is 0 Å². The maximum atomic E-state index is 12.2. The van der Waals surface area contributed by atoms with Crippen molar-refractivity contribution in [1.29, 1.82) is 0 Å². The van der Waals surface area contributed by atoms with Crippen LogP contribution in [-0.4, -0.2) is 27.6 Å². The van der Waals surface area contributed by atoms with Gasteiger partial charge in [0, 0.05) is 18.6 Å². The number of hydrogen-bond donors (Lipinski definition) is 2. The van der Waals surface area contributed by atoms with Crippen LogP contribution in [0.4, 0.5) is 0 Å². The first-order valence-electron chi connectivity index (χ1n) is 6.45. The van der Waals surface area contributed by atoms with Crippen LogP contribution < -0.4 is 5.32 Å². The third-order valence-electron chi connectivity index (χ3n) is 2.90. The molecule has 0 atom stereocenters. The van der Waals surface area contributed by atoms with E-state index < -0.39 is 0 Å². The molecule has 2 aromatic heterocycles. The zero-order valence-corrected chi connectivity index (χ0v) is 11.6. The highest BCUT2D eigenvalue weighted by Gasteiger charge is 2.10. The lowest BCUT2D eigenvalue weighted by atomic mass is 10.1. The average Bonchev–Trinajstić information content (AvgIpc) is 2.52. The summed E-state index contributed by atoms with van der Waals surface area (Å²) in [4.78, 5) is 20.4. The molecule has 5 nitrogen and oxygen atoms in total. The normalized spacial score (nSPS) is 9.62. The van der Waals surface area contributed by atoms with E-state index in [2.05, 4.69) is 27.1 Å². The van der Waals surface area contributed by atoms with Gasteiger partial charge < -0.3 is 10.4 Å². The molecule has 1 amide bonds. The van der Waals surface area contributed by atoms with E-state index in [0.717, 1.165) is 11.3 Å². The zero-order chi connectivity index (χ0) is 15.1. The largest absolute Gasteiger partial charge is 0.384 e. The molecule has 2 heterocycles. The predicted molar refractivity (Wildman–Crippen MR) is 78.3 cm³/mol. The number of nitrogens with one attached hydrogen (secondary N) is 1. The van der Waals surface area contributed by atoms with Gasteiger partial charge >= 0.3 is 0 Å². The van der Waals surface area contributed by atoms with E-state index in [0.29, 0.717) is 17.7 Å². The van der Waals surface area contributed by atoms with Crippen molar-refractivity contribution in [2.45, 2.75) is 13.5 Å². The summed E-state index contributed by atoms with van der Waals surface area (Å²) in [6, 6.07) is 5.40. The monoisotopic (exact) mass is 281 g/mol. The van der Waals surface area contributed by atoms with Crippen LogP contribution in [0.1, 0.15) is 27.2 Å². The minimum Gasteiger partial charge on any atom is -0.384 e. The van der Waals surface area contributed by atoms with Gasteiger partial charge in [-0.25, -0.2) is 0 Å². The second-order valence-corrected chi connectivity index (χ2v) is 4.33. The Morgan fingerprint density at radius 3 is 3.00 bits per heavy atom. The van der Waals surface area contributed by atoms with Gasteiger partial charge in [0.2, 0.25) is 0 Å². The molecule has 0 aliphatic carbocycles. The van der Waals surface area contributed by atoms with E-state index in [1.165, 1.54) is 12.4 Å². The van der Waals surface area contributed by atoms with Crippen molar-refractivity contribution in [3.63, 3.8) is 0 Å². The van der Waals surface area contributed by atoms with E-state index in [1.807, 2.05) is 19.1 Å². The van der Waals surface area contributed by atoms with Gasteiger partial charge in [0.1, 0.15) is 6.61 Å². The van der Waals surface area contributed by atoms with Crippen molar-refractivity contribution in [2.75, 3.05) is 6.61 Å². The summed E-state index contributed by atoms with van der Waals surface area (Å²) in [5.41, 5.74) is 2.76. The molecule has 0 fully saturated rings. The number of rotatable bonds is 3. The van der Waals surface area contributed by atoms with Gasteiger partial charge in [-0.2, -0.15) is 0 Å². The van der Waals surface area contributed by atoms with Gasteiger partial charge in [-0.15, -0.1) is 0 Å². The van der Waals surface area contributed by atoms with Gasteiger partial charge in [0.15, 0.2) is 0 Å². The Morgan fingerprint density at radius 2 is 2.24 bits per heavy atom. The molecule has 0 aliphatic heterocycles. The van der Waals surface area contributed by atoms with E-state index in [4.69, 9.17) is 5.11 Å². The number of aliphatic hydroxyl groups is 1. The summed E-state index contributed by atoms with van der Waals surface area (Å²) in [5.74, 6) is 4.98. The molecule has 0 spiro atoms. The Labute approximate surface area is 123 Å². The number of amides is 1. The summed E-state index contributed by atoms with van der Waals surface area (Å²) in [6.07, 6.45) is 4.73. The van der Waals surface area contributed by atoms with Gasteiger partial charge in [-0.1, -0.05) is 17.9 Å². The van der Waals surface area contributed by atoms with Gasteiger partial charge in [-0.3, -0.25) is 14.8 Å². The predicted octanol–water partition coefficient (Wildman–Crippen LogP) is 1.06. The molecule has 2 rings (SSSR count). The lowest BCUT2D eigenvalue weighted by Gasteiger charge is -2.08. The fraction of sp³-hybridized carbons (Fsp3) is 0.188. The van der Waals surface area contributed by atoms with E-state index in [9.17, 15) is 4.79 Å². The number of nitrogens with zero attached hydrogens (tertiary/aromatic N) is 2. The standard InChI is InChI=1S/C16H15N3O2/c1-12-4-2-7-18-15(12)11-19-16(21)14-6-8-17-10-13(14)5-3-9-20/h2,4,6-8,10,20H,9,11H2,1H3,(H,19,21). The topological polar surface area (TPSA) is 75.1 Å². The fourth-order valence-corrected chi connectivity index (χ4v) is 1.79. The van der Waals surface area contributed by atoms with Crippen molar-refractivity contribution in [1.82, 2.24) is 15.3 Å². The number of aromatic nitrogens is 2. The van der Waals surface area contributed by atoms with Crippen molar-refractivity contribution in [2.24, 2.45) is 0 Å². The summed E-state index contributed by atoms with van der Waals surface area (Å²) in [7, 11) is 0. The lowest BCUT2D eigenvalue weighted by molar-refractivity contribution is 0.0950. The highest BCUT2D eigenvalue weighted by Crippen LogP contribution is 2.07. The number of aryl methyl sites for hydroxylation is 1. The first-order chi connectivity index (χ1) is 10.2.